The summed E-state index contributed by atoms with van der Waals surface area (Å²) < 4.78 is 0. The molecule has 15 heavy (non-hydrogen) atoms. The average molecular weight is 216 g/mol. The van der Waals surface area contributed by atoms with Crippen molar-refractivity contribution in [1.29, 1.82) is 0 Å². The summed E-state index contributed by atoms with van der Waals surface area (Å²) in [6.07, 6.45) is 0. The van der Waals surface area contributed by atoms with Crippen LogP contribution in [0.1, 0.15) is 26.3 Å². The van der Waals surface area contributed by atoms with E-state index in [0.29, 0.717) is 0 Å². The molecular weight excluding hydrogens is 202 g/mol. The fourth-order valence-corrected chi connectivity index (χ4v) is 1.96. The third-order valence-electron chi connectivity index (χ3n) is 2.44. The Balaban J connectivity index is 2.33. The van der Waals surface area contributed by atoms with Gasteiger partial charge in [0.2, 0.25) is 0 Å². The van der Waals surface area contributed by atoms with E-state index < -0.39 is 0 Å². The van der Waals surface area contributed by atoms with E-state index in [1.54, 1.807) is 0 Å². The Morgan fingerprint density at radius 1 is 1.13 bits per heavy atom. The first-order chi connectivity index (χ1) is 7.07. The van der Waals surface area contributed by atoms with Crippen molar-refractivity contribution >= 4 is 11.3 Å². The van der Waals surface area contributed by atoms with Crippen LogP contribution in [0.15, 0.2) is 29.6 Å². The van der Waals surface area contributed by atoms with Crippen LogP contribution in [0.2, 0.25) is 0 Å². The van der Waals surface area contributed by atoms with Crippen molar-refractivity contribution in [2.24, 2.45) is 0 Å². The lowest BCUT2D eigenvalue weighted by atomic mass is 9.86. The van der Waals surface area contributed by atoms with Crippen molar-refractivity contribution in [3.63, 3.8) is 0 Å². The second kappa shape index (κ2) is 3.78. The minimum Gasteiger partial charge on any atom is -0.233 e. The minimum absolute atomic E-state index is 0.215. The Morgan fingerprint density at radius 3 is 2.27 bits per heavy atom. The van der Waals surface area contributed by atoms with Crippen LogP contribution in [-0.2, 0) is 5.41 Å². The molecule has 2 heteroatoms. The third kappa shape index (κ3) is 2.26. The van der Waals surface area contributed by atoms with Crippen LogP contribution in [0.25, 0.3) is 11.3 Å². The highest BCUT2D eigenvalue weighted by molar-refractivity contribution is 7.07. The number of rotatable bonds is 1. The summed E-state index contributed by atoms with van der Waals surface area (Å²) in [6.45, 7) is 6.66. The third-order valence-corrected chi connectivity index (χ3v) is 2.97. The Morgan fingerprint density at radius 2 is 1.80 bits per heavy atom. The van der Waals surface area contributed by atoms with Gasteiger partial charge in [-0.25, -0.2) is 4.98 Å². The zero-order valence-electron chi connectivity index (χ0n) is 9.24. The summed E-state index contributed by atoms with van der Waals surface area (Å²) in [4.78, 5) is 4.17. The van der Waals surface area contributed by atoms with E-state index in [-0.39, 0.29) is 5.41 Å². The summed E-state index contributed by atoms with van der Waals surface area (Å²) in [6, 6.07) is 8.61. The molecule has 1 nitrogen and oxygen atoms in total. The van der Waals surface area contributed by atoms with Crippen molar-refractivity contribution in [3.8, 4) is 11.3 Å². The maximum atomic E-state index is 4.17. The molecule has 77 valence electrons. The van der Waals surface area contributed by atoms with E-state index in [0.717, 1.165) is 5.69 Å². The summed E-state index contributed by atoms with van der Waals surface area (Å²) in [5, 5.41) is 2.02. The first-order valence-electron chi connectivity index (χ1n) is 5.00. The number of aromatic nitrogens is 1. The van der Waals surface area contributed by atoms with Gasteiger partial charge in [0.25, 0.3) is 0 Å². The van der Waals surface area contributed by atoms with Gasteiger partial charge in [0, 0.05) is 10.9 Å². The van der Waals surface area contributed by atoms with Gasteiger partial charge in [-0.05, 0) is 11.0 Å². The summed E-state index contributed by atoms with van der Waals surface area (Å²) in [5.74, 6) is 0. The van der Waals surface area contributed by atoms with E-state index in [1.807, 2.05) is 5.38 Å². The van der Waals surface area contributed by atoms with Crippen molar-refractivity contribution < 1.29 is 0 Å². The van der Waals surface area contributed by atoms with Gasteiger partial charge in [-0.15, -0.1) is 11.3 Å². The predicted molar refractivity (Wildman–Crippen MR) is 65.1 cm³/mol. The molecule has 1 aromatic carbocycles. The zero-order valence-corrected chi connectivity index (χ0v) is 10.1. The van der Waals surface area contributed by atoms with Crippen LogP contribution < -0.4 is 0 Å². The molecule has 0 N–H and O–H groups in total. The molecule has 1 radical (unpaired) electrons. The molecule has 2 rings (SSSR count). The van der Waals surface area contributed by atoms with E-state index in [9.17, 15) is 0 Å². The average Bonchev–Trinajstić information content (AvgIpc) is 2.69. The molecule has 0 saturated carbocycles. The molecule has 0 bridgehead atoms. The van der Waals surface area contributed by atoms with Crippen LogP contribution >= 0.6 is 11.3 Å². The maximum Gasteiger partial charge on any atom is 0.152 e. The van der Waals surface area contributed by atoms with Crippen LogP contribution in [0, 0.1) is 5.51 Å². The van der Waals surface area contributed by atoms with Crippen molar-refractivity contribution in [3.05, 3.63) is 40.7 Å². The van der Waals surface area contributed by atoms with Gasteiger partial charge >= 0.3 is 0 Å². The normalized spacial score (nSPS) is 11.7. The van der Waals surface area contributed by atoms with Crippen molar-refractivity contribution in [1.82, 2.24) is 4.98 Å². The van der Waals surface area contributed by atoms with Gasteiger partial charge < -0.3 is 0 Å². The predicted octanol–water partition coefficient (Wildman–Crippen LogP) is 3.91. The molecule has 0 saturated heterocycles. The molecule has 2 aromatic rings. The standard InChI is InChI=1S/C13H14NS/c1-13(2,3)11-6-4-10(5-7-11)12-8-15-9-14-12/h4-8H,1-3H3. The lowest BCUT2D eigenvalue weighted by Gasteiger charge is -2.18. The van der Waals surface area contributed by atoms with E-state index in [1.165, 1.54) is 22.5 Å². The molecule has 0 unspecified atom stereocenters. The number of thiazole rings is 1. The molecule has 0 fully saturated rings. The van der Waals surface area contributed by atoms with Crippen LogP contribution in [0.5, 0.6) is 0 Å². The number of nitrogens with zero attached hydrogens (tertiary/aromatic N) is 1. The van der Waals surface area contributed by atoms with E-state index >= 15 is 0 Å². The quantitative estimate of drug-likeness (QED) is 0.704. The Labute approximate surface area is 94.8 Å². The SMILES string of the molecule is CC(C)(C)c1ccc(-c2cs[c]n2)cc1. The lowest BCUT2D eigenvalue weighted by molar-refractivity contribution is 0.590. The summed E-state index contributed by atoms with van der Waals surface area (Å²) in [7, 11) is 0. The number of hydrogen-bond donors (Lipinski definition) is 0. The lowest BCUT2D eigenvalue weighted by Crippen LogP contribution is -2.10. The van der Waals surface area contributed by atoms with Gasteiger partial charge in [0.15, 0.2) is 5.51 Å². The Kier molecular flexibility index (Phi) is 2.61. The smallest absolute Gasteiger partial charge is 0.152 e. The molecule has 1 heterocycles. The largest absolute Gasteiger partial charge is 0.233 e. The highest BCUT2D eigenvalue weighted by Gasteiger charge is 2.13. The second-order valence-electron chi connectivity index (χ2n) is 4.65. The number of benzene rings is 1. The second-order valence-corrected chi connectivity index (χ2v) is 5.31. The van der Waals surface area contributed by atoms with Crippen LogP contribution in [0.3, 0.4) is 0 Å². The van der Waals surface area contributed by atoms with Crippen molar-refractivity contribution in [2.45, 2.75) is 26.2 Å². The molecule has 0 aliphatic heterocycles. The topological polar surface area (TPSA) is 12.9 Å². The van der Waals surface area contributed by atoms with Crippen LogP contribution in [0.4, 0.5) is 0 Å². The van der Waals surface area contributed by atoms with Gasteiger partial charge in [-0.2, -0.15) is 0 Å². The van der Waals surface area contributed by atoms with E-state index in [2.05, 4.69) is 55.5 Å². The fraction of sp³-hybridized carbons (Fsp3) is 0.308. The minimum atomic E-state index is 0.215. The maximum absolute atomic E-state index is 4.17. The van der Waals surface area contributed by atoms with Crippen LogP contribution in [-0.4, -0.2) is 4.98 Å². The van der Waals surface area contributed by atoms with Gasteiger partial charge in [-0.3, -0.25) is 0 Å². The molecule has 0 atom stereocenters. The Bertz CT molecular complexity index is 421. The van der Waals surface area contributed by atoms with Gasteiger partial charge in [0.1, 0.15) is 0 Å². The molecule has 0 spiro atoms. The first-order valence-corrected chi connectivity index (χ1v) is 5.88. The highest BCUT2D eigenvalue weighted by Crippen LogP contribution is 2.25. The first kappa shape index (κ1) is 10.4. The van der Waals surface area contributed by atoms with Gasteiger partial charge in [0.05, 0.1) is 5.69 Å². The van der Waals surface area contributed by atoms with E-state index in [4.69, 9.17) is 0 Å². The highest BCUT2D eigenvalue weighted by atomic mass is 32.1. The molecule has 0 aliphatic carbocycles. The summed E-state index contributed by atoms with van der Waals surface area (Å²) in [5.41, 5.74) is 6.61. The van der Waals surface area contributed by atoms with Gasteiger partial charge in [-0.1, -0.05) is 45.0 Å². The fourth-order valence-electron chi connectivity index (χ4n) is 1.46. The zero-order chi connectivity index (χ0) is 10.9. The molecular formula is C13H14NS. The number of hydrogen-bond acceptors (Lipinski definition) is 2. The molecule has 1 aromatic heterocycles. The Hall–Kier alpha value is -1.15. The summed E-state index contributed by atoms with van der Waals surface area (Å²) >= 11 is 1.51. The monoisotopic (exact) mass is 216 g/mol. The molecule has 0 aliphatic rings. The van der Waals surface area contributed by atoms with Crippen molar-refractivity contribution in [2.75, 3.05) is 0 Å². The molecule has 0 amide bonds.